The summed E-state index contributed by atoms with van der Waals surface area (Å²) >= 11 is 7.25. The second kappa shape index (κ2) is 8.01. The molecule has 2 heterocycles. The van der Waals surface area contributed by atoms with E-state index in [0.717, 1.165) is 23.0 Å². The van der Waals surface area contributed by atoms with Crippen molar-refractivity contribution in [3.63, 3.8) is 0 Å². The van der Waals surface area contributed by atoms with E-state index in [9.17, 15) is 13.6 Å². The summed E-state index contributed by atoms with van der Waals surface area (Å²) < 4.78 is 33.4. The average Bonchev–Trinajstić information content (AvgIpc) is 3.07. The van der Waals surface area contributed by atoms with Crippen molar-refractivity contribution >= 4 is 39.1 Å². The van der Waals surface area contributed by atoms with Crippen molar-refractivity contribution in [2.75, 3.05) is 13.1 Å². The van der Waals surface area contributed by atoms with E-state index in [4.69, 9.17) is 16.3 Å². The smallest absolute Gasteiger partial charge is 0.274 e. The predicted octanol–water partition coefficient (Wildman–Crippen LogP) is 4.84. The van der Waals surface area contributed by atoms with Gasteiger partial charge in [0.05, 0.1) is 11.1 Å². The number of ether oxygens (including phenoxy) is 1. The zero-order valence-electron chi connectivity index (χ0n) is 14.8. The zero-order chi connectivity index (χ0) is 19.7. The Morgan fingerprint density at radius 1 is 1.25 bits per heavy atom. The van der Waals surface area contributed by atoms with E-state index < -0.39 is 11.6 Å². The maximum atomic E-state index is 13.8. The van der Waals surface area contributed by atoms with Crippen LogP contribution < -0.4 is 4.74 Å². The molecule has 0 spiro atoms. The number of carbonyl (C=O) groups is 1. The molecule has 4 rings (SSSR count). The second-order valence-corrected chi connectivity index (χ2v) is 8.08. The zero-order valence-corrected chi connectivity index (χ0v) is 16.4. The molecule has 0 N–H and O–H groups in total. The van der Waals surface area contributed by atoms with Crippen LogP contribution in [0.15, 0.2) is 36.4 Å². The van der Waals surface area contributed by atoms with E-state index in [2.05, 4.69) is 4.98 Å². The van der Waals surface area contributed by atoms with Crippen LogP contribution in [0.5, 0.6) is 5.19 Å². The lowest BCUT2D eigenvalue weighted by atomic mass is 10.1. The topological polar surface area (TPSA) is 42.4 Å². The molecule has 0 unspecified atom stereocenters. The van der Waals surface area contributed by atoms with Crippen LogP contribution in [0.25, 0.3) is 10.2 Å². The minimum absolute atomic E-state index is 0.0316. The highest BCUT2D eigenvalue weighted by molar-refractivity contribution is 7.20. The minimum atomic E-state index is -0.693. The number of piperidine rings is 1. The van der Waals surface area contributed by atoms with Crippen LogP contribution >= 0.6 is 22.9 Å². The van der Waals surface area contributed by atoms with Gasteiger partial charge in [-0.1, -0.05) is 41.1 Å². The second-order valence-electron chi connectivity index (χ2n) is 6.68. The van der Waals surface area contributed by atoms with Crippen molar-refractivity contribution in [3.8, 4) is 5.19 Å². The van der Waals surface area contributed by atoms with Crippen LogP contribution in [0.3, 0.4) is 0 Å². The SMILES string of the molecule is O=C(Cc1ccccc1Cl)N1CCC(Oc2nc3c(F)cc(F)cc3s2)CC1. The number of carbonyl (C=O) groups excluding carboxylic acids is 1. The van der Waals surface area contributed by atoms with Gasteiger partial charge in [0, 0.05) is 37.0 Å². The summed E-state index contributed by atoms with van der Waals surface area (Å²) in [6.07, 6.45) is 1.47. The van der Waals surface area contributed by atoms with Crippen molar-refractivity contribution in [2.45, 2.75) is 25.4 Å². The Hall–Kier alpha value is -2.25. The van der Waals surface area contributed by atoms with Gasteiger partial charge in [0.15, 0.2) is 5.82 Å². The average molecular weight is 423 g/mol. The van der Waals surface area contributed by atoms with Crippen LogP contribution in [0.2, 0.25) is 5.02 Å². The van der Waals surface area contributed by atoms with E-state index in [-0.39, 0.29) is 23.9 Å². The number of fused-ring (bicyclic) bond motifs is 1. The number of nitrogens with zero attached hydrogens (tertiary/aromatic N) is 2. The highest BCUT2D eigenvalue weighted by atomic mass is 35.5. The Morgan fingerprint density at radius 2 is 2.00 bits per heavy atom. The monoisotopic (exact) mass is 422 g/mol. The number of amides is 1. The number of likely N-dealkylation sites (tertiary alicyclic amines) is 1. The summed E-state index contributed by atoms with van der Waals surface area (Å²) in [4.78, 5) is 18.4. The summed E-state index contributed by atoms with van der Waals surface area (Å²) in [5.41, 5.74) is 0.935. The van der Waals surface area contributed by atoms with Gasteiger partial charge in [-0.25, -0.2) is 8.78 Å². The van der Waals surface area contributed by atoms with Gasteiger partial charge in [-0.05, 0) is 17.7 Å². The highest BCUT2D eigenvalue weighted by Crippen LogP contribution is 2.32. The number of hydrogen-bond donors (Lipinski definition) is 0. The molecular formula is C20H17ClF2N2O2S. The van der Waals surface area contributed by atoms with Crippen LogP contribution in [0, 0.1) is 11.6 Å². The first-order valence-corrected chi connectivity index (χ1v) is 10.1. The molecule has 0 saturated carbocycles. The Kier molecular flexibility index (Phi) is 5.46. The van der Waals surface area contributed by atoms with Gasteiger partial charge in [0.2, 0.25) is 5.91 Å². The van der Waals surface area contributed by atoms with Gasteiger partial charge >= 0.3 is 0 Å². The fraction of sp³-hybridized carbons (Fsp3) is 0.300. The van der Waals surface area contributed by atoms with Gasteiger partial charge in [-0.2, -0.15) is 4.98 Å². The maximum absolute atomic E-state index is 13.8. The van der Waals surface area contributed by atoms with E-state index in [1.165, 1.54) is 6.07 Å². The molecule has 2 aromatic carbocycles. The fourth-order valence-electron chi connectivity index (χ4n) is 3.27. The molecule has 4 nitrogen and oxygen atoms in total. The Morgan fingerprint density at radius 3 is 2.75 bits per heavy atom. The number of thiazole rings is 1. The van der Waals surface area contributed by atoms with E-state index in [1.54, 1.807) is 11.0 Å². The van der Waals surface area contributed by atoms with E-state index >= 15 is 0 Å². The molecule has 0 radical (unpaired) electrons. The van der Waals surface area contributed by atoms with Gasteiger partial charge in [-0.3, -0.25) is 4.79 Å². The van der Waals surface area contributed by atoms with Crippen molar-refractivity contribution < 1.29 is 18.3 Å². The molecule has 1 aromatic heterocycles. The molecule has 0 atom stereocenters. The molecule has 146 valence electrons. The first-order valence-electron chi connectivity index (χ1n) is 8.93. The summed E-state index contributed by atoms with van der Waals surface area (Å²) in [6, 6.07) is 9.39. The van der Waals surface area contributed by atoms with Crippen molar-refractivity contribution in [2.24, 2.45) is 0 Å². The first-order chi connectivity index (χ1) is 13.5. The number of rotatable bonds is 4. The molecule has 3 aromatic rings. The van der Waals surface area contributed by atoms with Crippen molar-refractivity contribution in [1.29, 1.82) is 0 Å². The quantitative estimate of drug-likeness (QED) is 0.604. The lowest BCUT2D eigenvalue weighted by Gasteiger charge is -2.31. The largest absolute Gasteiger partial charge is 0.467 e. The van der Waals surface area contributed by atoms with Crippen molar-refractivity contribution in [3.05, 3.63) is 58.6 Å². The van der Waals surface area contributed by atoms with Crippen LogP contribution in [0.1, 0.15) is 18.4 Å². The standard InChI is InChI=1S/C20H17ClF2N2O2S/c21-15-4-2-1-3-12(15)9-18(26)25-7-5-14(6-8-25)27-20-24-19-16(23)10-13(22)11-17(19)28-20/h1-4,10-11,14H,5-9H2. The van der Waals surface area contributed by atoms with Crippen molar-refractivity contribution in [1.82, 2.24) is 9.88 Å². The lowest BCUT2D eigenvalue weighted by Crippen LogP contribution is -2.42. The molecule has 8 heteroatoms. The lowest BCUT2D eigenvalue weighted by molar-refractivity contribution is -0.132. The molecule has 0 bridgehead atoms. The summed E-state index contributed by atoms with van der Waals surface area (Å²) in [7, 11) is 0. The molecule has 1 fully saturated rings. The first kappa shape index (κ1) is 19.1. The highest BCUT2D eigenvalue weighted by Gasteiger charge is 2.25. The molecule has 1 saturated heterocycles. The third-order valence-corrected chi connectivity index (χ3v) is 6.02. The fourth-order valence-corrected chi connectivity index (χ4v) is 4.39. The van der Waals surface area contributed by atoms with Crippen LogP contribution in [-0.4, -0.2) is 35.0 Å². The molecule has 1 amide bonds. The summed E-state index contributed by atoms with van der Waals surface area (Å²) in [5, 5.41) is 0.911. The van der Waals surface area contributed by atoms with Gasteiger partial charge in [-0.15, -0.1) is 0 Å². The minimum Gasteiger partial charge on any atom is -0.467 e. The number of halogens is 3. The Bertz CT molecular complexity index is 1020. The predicted molar refractivity (Wildman–Crippen MR) is 105 cm³/mol. The van der Waals surface area contributed by atoms with Crippen LogP contribution in [-0.2, 0) is 11.2 Å². The molecule has 28 heavy (non-hydrogen) atoms. The molecule has 1 aliphatic rings. The van der Waals surface area contributed by atoms with E-state index in [0.29, 0.717) is 40.8 Å². The third-order valence-electron chi connectivity index (χ3n) is 4.76. The van der Waals surface area contributed by atoms with Gasteiger partial charge in [0.25, 0.3) is 5.19 Å². The molecule has 1 aliphatic heterocycles. The number of hydrogen-bond acceptors (Lipinski definition) is 4. The summed E-state index contributed by atoms with van der Waals surface area (Å²) in [5.74, 6) is -1.30. The molecule has 0 aliphatic carbocycles. The Labute approximate surface area is 169 Å². The number of aromatic nitrogens is 1. The van der Waals surface area contributed by atoms with Gasteiger partial charge < -0.3 is 9.64 Å². The maximum Gasteiger partial charge on any atom is 0.274 e. The molecular weight excluding hydrogens is 406 g/mol. The number of benzene rings is 2. The van der Waals surface area contributed by atoms with Crippen LogP contribution in [0.4, 0.5) is 8.78 Å². The normalized spacial score (nSPS) is 15.2. The third kappa shape index (κ3) is 4.10. The van der Waals surface area contributed by atoms with E-state index in [1.807, 2.05) is 18.2 Å². The summed E-state index contributed by atoms with van der Waals surface area (Å²) in [6.45, 7) is 1.14. The van der Waals surface area contributed by atoms with Gasteiger partial charge in [0.1, 0.15) is 17.4 Å². The Balaban J connectivity index is 1.35.